The molecule has 0 aliphatic heterocycles. The first-order valence-corrected chi connectivity index (χ1v) is 11.9. The van der Waals surface area contributed by atoms with Gasteiger partial charge in [0.05, 0.1) is 11.8 Å². The molecule has 0 amide bonds. The highest BCUT2D eigenvalue weighted by molar-refractivity contribution is 5.52. The van der Waals surface area contributed by atoms with Crippen molar-refractivity contribution >= 4 is 6.08 Å². The lowest BCUT2D eigenvalue weighted by Gasteiger charge is -2.60. The molecule has 1 aromatic heterocycles. The van der Waals surface area contributed by atoms with Crippen LogP contribution in [0.5, 0.6) is 0 Å². The highest BCUT2D eigenvalue weighted by Gasteiger charge is 2.60. The number of aryl methyl sites for hydroxylation is 1. The topological polar surface area (TPSA) is 38.0 Å². The summed E-state index contributed by atoms with van der Waals surface area (Å²) in [5, 5.41) is 15.8. The third-order valence-corrected chi connectivity index (χ3v) is 9.83. The van der Waals surface area contributed by atoms with E-state index < -0.39 is 0 Å². The van der Waals surface area contributed by atoms with Crippen LogP contribution in [0.25, 0.3) is 6.08 Å². The zero-order valence-electron chi connectivity index (χ0n) is 18.0. The van der Waals surface area contributed by atoms with Crippen molar-refractivity contribution in [2.24, 2.45) is 34.5 Å². The Balaban J connectivity index is 1.46. The quantitative estimate of drug-likeness (QED) is 0.713. The van der Waals surface area contributed by atoms with E-state index >= 15 is 0 Å². The summed E-state index contributed by atoms with van der Waals surface area (Å²) < 4.78 is 2.04. The van der Waals surface area contributed by atoms with Crippen molar-refractivity contribution < 1.29 is 5.11 Å². The standard InChI is InChI=1S/C25H38N2O/c1-4-27-19(11-14-26-27)15-17-16-22-20-9-8-18-7-5-6-12-24(18,2)21(20)10-13-25(22,3)23(17)28/h11,14-15,18,20-23,28H,4-10,12-13,16H2,1-3H3/b17-15-/t18-,20+,21-,22-,23+,24+,25+/m1/s1. The van der Waals surface area contributed by atoms with Gasteiger partial charge >= 0.3 is 0 Å². The molecule has 4 aliphatic carbocycles. The van der Waals surface area contributed by atoms with Crippen LogP contribution in [-0.2, 0) is 6.54 Å². The molecule has 0 bridgehead atoms. The predicted molar refractivity (Wildman–Crippen MR) is 114 cm³/mol. The smallest absolute Gasteiger partial charge is 0.0810 e. The number of nitrogens with zero attached hydrogens (tertiary/aromatic N) is 2. The molecule has 3 heteroatoms. The number of fused-ring (bicyclic) bond motifs is 5. The van der Waals surface area contributed by atoms with E-state index in [9.17, 15) is 5.11 Å². The van der Waals surface area contributed by atoms with Crippen molar-refractivity contribution in [2.45, 2.75) is 91.2 Å². The maximum absolute atomic E-state index is 11.4. The number of hydrogen-bond acceptors (Lipinski definition) is 2. The normalized spacial score (nSPS) is 46.9. The summed E-state index contributed by atoms with van der Waals surface area (Å²) in [6, 6.07) is 2.09. The first-order valence-electron chi connectivity index (χ1n) is 11.9. The number of hydrogen-bond donors (Lipinski definition) is 1. The van der Waals surface area contributed by atoms with Crippen molar-refractivity contribution in [3.05, 3.63) is 23.5 Å². The van der Waals surface area contributed by atoms with E-state index in [2.05, 4.69) is 38.0 Å². The maximum atomic E-state index is 11.4. The van der Waals surface area contributed by atoms with E-state index in [1.165, 1.54) is 56.9 Å². The molecule has 4 saturated carbocycles. The number of aliphatic hydroxyl groups is 1. The summed E-state index contributed by atoms with van der Waals surface area (Å²) in [6.45, 7) is 8.05. The molecular formula is C25H38N2O. The molecule has 28 heavy (non-hydrogen) atoms. The SMILES string of the molecule is CCn1nccc1/C=C1/C[C@@H]2[C@H]3CC[C@H]4CCCC[C@]4(C)[C@@H]3CC[C@]2(C)[C@H]1O. The lowest BCUT2D eigenvalue weighted by atomic mass is 9.45. The molecule has 3 nitrogen and oxygen atoms in total. The third kappa shape index (κ3) is 2.61. The fraction of sp³-hybridized carbons (Fsp3) is 0.800. The summed E-state index contributed by atoms with van der Waals surface area (Å²) in [6.07, 6.45) is 16.1. The minimum atomic E-state index is -0.282. The minimum absolute atomic E-state index is 0.0714. The molecule has 0 radical (unpaired) electrons. The maximum Gasteiger partial charge on any atom is 0.0810 e. The average Bonchev–Trinajstić information content (AvgIpc) is 3.24. The highest BCUT2D eigenvalue weighted by atomic mass is 16.3. The largest absolute Gasteiger partial charge is 0.388 e. The van der Waals surface area contributed by atoms with Gasteiger partial charge in [-0.1, -0.05) is 26.7 Å². The molecule has 4 fully saturated rings. The number of rotatable bonds is 2. The summed E-state index contributed by atoms with van der Waals surface area (Å²) in [7, 11) is 0. The Kier molecular flexibility index (Phi) is 4.54. The van der Waals surface area contributed by atoms with E-state index in [4.69, 9.17) is 0 Å². The molecule has 4 aliphatic rings. The van der Waals surface area contributed by atoms with Gasteiger partial charge in [-0.15, -0.1) is 0 Å². The Bertz CT molecular complexity index is 766. The van der Waals surface area contributed by atoms with Gasteiger partial charge in [0, 0.05) is 18.2 Å². The van der Waals surface area contributed by atoms with Crippen molar-refractivity contribution in [3.63, 3.8) is 0 Å². The van der Waals surface area contributed by atoms with Crippen LogP contribution in [-0.4, -0.2) is 21.0 Å². The lowest BCUT2D eigenvalue weighted by molar-refractivity contribution is -0.119. The molecular weight excluding hydrogens is 344 g/mol. The van der Waals surface area contributed by atoms with Crippen LogP contribution in [0.15, 0.2) is 17.8 Å². The summed E-state index contributed by atoms with van der Waals surface area (Å²) >= 11 is 0. The van der Waals surface area contributed by atoms with Gasteiger partial charge in [-0.2, -0.15) is 5.10 Å². The van der Waals surface area contributed by atoms with Gasteiger partial charge in [0.25, 0.3) is 0 Å². The molecule has 7 atom stereocenters. The molecule has 0 unspecified atom stereocenters. The van der Waals surface area contributed by atoms with Gasteiger partial charge in [-0.25, -0.2) is 0 Å². The molecule has 1 N–H and O–H groups in total. The van der Waals surface area contributed by atoms with Crippen LogP contribution in [0.3, 0.4) is 0 Å². The summed E-state index contributed by atoms with van der Waals surface area (Å²) in [4.78, 5) is 0. The van der Waals surface area contributed by atoms with Crippen LogP contribution in [0.4, 0.5) is 0 Å². The molecule has 0 spiro atoms. The van der Waals surface area contributed by atoms with E-state index in [-0.39, 0.29) is 11.5 Å². The second kappa shape index (κ2) is 6.72. The van der Waals surface area contributed by atoms with E-state index in [0.29, 0.717) is 11.3 Å². The Morgan fingerprint density at radius 1 is 1.11 bits per heavy atom. The van der Waals surface area contributed by atoms with E-state index in [0.717, 1.165) is 36.4 Å². The van der Waals surface area contributed by atoms with E-state index in [1.54, 1.807) is 0 Å². The molecule has 1 heterocycles. The molecule has 154 valence electrons. The summed E-state index contributed by atoms with van der Waals surface area (Å²) in [5.74, 6) is 3.32. The highest BCUT2D eigenvalue weighted by Crippen LogP contribution is 2.67. The second-order valence-electron chi connectivity index (χ2n) is 10.8. The van der Waals surface area contributed by atoms with Gasteiger partial charge in [-0.3, -0.25) is 4.68 Å². The third-order valence-electron chi connectivity index (χ3n) is 9.83. The van der Waals surface area contributed by atoms with Crippen LogP contribution in [0.2, 0.25) is 0 Å². The second-order valence-corrected chi connectivity index (χ2v) is 10.8. The first kappa shape index (κ1) is 18.9. The molecule has 0 aromatic carbocycles. The van der Waals surface area contributed by atoms with Gasteiger partial charge in [-0.05, 0) is 98.7 Å². The first-order chi connectivity index (χ1) is 13.5. The van der Waals surface area contributed by atoms with Gasteiger partial charge < -0.3 is 5.11 Å². The van der Waals surface area contributed by atoms with Gasteiger partial charge in [0.15, 0.2) is 0 Å². The Morgan fingerprint density at radius 2 is 1.96 bits per heavy atom. The van der Waals surface area contributed by atoms with E-state index in [1.807, 2.05) is 10.9 Å². The minimum Gasteiger partial charge on any atom is -0.388 e. The fourth-order valence-electron chi connectivity index (χ4n) is 8.21. The Hall–Kier alpha value is -1.09. The number of aliphatic hydroxyl groups excluding tert-OH is 1. The molecule has 0 saturated heterocycles. The molecule has 5 rings (SSSR count). The van der Waals surface area contributed by atoms with Crippen LogP contribution >= 0.6 is 0 Å². The van der Waals surface area contributed by atoms with Crippen molar-refractivity contribution in [3.8, 4) is 0 Å². The monoisotopic (exact) mass is 382 g/mol. The van der Waals surface area contributed by atoms with Gasteiger partial charge in [0.1, 0.15) is 0 Å². The molecule has 1 aromatic rings. The van der Waals surface area contributed by atoms with Crippen molar-refractivity contribution in [2.75, 3.05) is 0 Å². The fourth-order valence-corrected chi connectivity index (χ4v) is 8.21. The Labute approximate surface area is 170 Å². The van der Waals surface area contributed by atoms with Crippen LogP contribution in [0.1, 0.15) is 84.3 Å². The number of aromatic nitrogens is 2. The van der Waals surface area contributed by atoms with Crippen molar-refractivity contribution in [1.29, 1.82) is 0 Å². The van der Waals surface area contributed by atoms with Crippen LogP contribution in [0, 0.1) is 34.5 Å². The van der Waals surface area contributed by atoms with Gasteiger partial charge in [0.2, 0.25) is 0 Å². The zero-order valence-corrected chi connectivity index (χ0v) is 18.0. The van der Waals surface area contributed by atoms with Crippen molar-refractivity contribution in [1.82, 2.24) is 9.78 Å². The average molecular weight is 383 g/mol. The lowest BCUT2D eigenvalue weighted by Crippen LogP contribution is -2.53. The predicted octanol–water partition coefficient (Wildman–Crippen LogP) is 5.69. The summed E-state index contributed by atoms with van der Waals surface area (Å²) in [5.41, 5.74) is 3.06. The Morgan fingerprint density at radius 3 is 2.79 bits per heavy atom. The van der Waals surface area contributed by atoms with Crippen LogP contribution < -0.4 is 0 Å². The zero-order chi connectivity index (χ0) is 19.5.